The minimum atomic E-state index is -0.253. The van der Waals surface area contributed by atoms with Gasteiger partial charge in [-0.3, -0.25) is 9.78 Å². The van der Waals surface area contributed by atoms with Gasteiger partial charge in [-0.05, 0) is 31.4 Å². The first-order valence-corrected chi connectivity index (χ1v) is 8.46. The molecular weight excluding hydrogens is 304 g/mol. The minimum Gasteiger partial charge on any atom is -0.368 e. The number of aromatic nitrogens is 3. The second kappa shape index (κ2) is 6.65. The molecule has 0 spiro atoms. The van der Waals surface area contributed by atoms with Gasteiger partial charge >= 0.3 is 0 Å². The van der Waals surface area contributed by atoms with Gasteiger partial charge in [-0.1, -0.05) is 0 Å². The van der Waals surface area contributed by atoms with E-state index in [1.807, 2.05) is 17.0 Å². The van der Waals surface area contributed by atoms with Crippen LogP contribution in [0.15, 0.2) is 30.9 Å². The van der Waals surface area contributed by atoms with Gasteiger partial charge in [-0.2, -0.15) is 0 Å². The fourth-order valence-corrected chi connectivity index (χ4v) is 3.48. The molecule has 0 aliphatic carbocycles. The molecule has 1 fully saturated rings. The van der Waals surface area contributed by atoms with E-state index in [-0.39, 0.29) is 12.0 Å². The maximum Gasteiger partial charge on any atom is 0.251 e. The van der Waals surface area contributed by atoms with Gasteiger partial charge in [0.05, 0.1) is 5.69 Å². The average Bonchev–Trinajstić information content (AvgIpc) is 3.08. The van der Waals surface area contributed by atoms with Gasteiger partial charge in [0.1, 0.15) is 12.4 Å². The number of carbonyl (C=O) groups excluding carboxylic acids is 1. The third-order valence-electron chi connectivity index (χ3n) is 4.76. The molecule has 1 atom stereocenters. The van der Waals surface area contributed by atoms with Crippen LogP contribution in [0.2, 0.25) is 0 Å². The number of rotatable bonds is 2. The van der Waals surface area contributed by atoms with Crippen LogP contribution in [-0.2, 0) is 22.4 Å². The molecule has 0 aromatic carbocycles. The molecule has 6 nitrogen and oxygen atoms in total. The molecule has 1 amide bonds. The van der Waals surface area contributed by atoms with E-state index in [0.29, 0.717) is 19.7 Å². The third-order valence-corrected chi connectivity index (χ3v) is 4.76. The first kappa shape index (κ1) is 15.2. The smallest absolute Gasteiger partial charge is 0.251 e. The number of ether oxygens (including phenoxy) is 1. The monoisotopic (exact) mass is 324 g/mol. The van der Waals surface area contributed by atoms with Crippen molar-refractivity contribution in [2.75, 3.05) is 19.7 Å². The molecule has 4 rings (SSSR count). The minimum absolute atomic E-state index is 0.124. The average molecular weight is 324 g/mol. The predicted octanol–water partition coefficient (Wildman–Crippen LogP) is 1.64. The standard InChI is InChI=1S/C18H20N4O2/c23-18(16-2-1-11-24-16)22-9-5-14-15(6-10-22)20-12-21-17(14)13-3-7-19-8-4-13/h3-4,7-8,12,16H,1-2,5-6,9-11H2/t16-/m1/s1. The second-order valence-corrected chi connectivity index (χ2v) is 6.21. The summed E-state index contributed by atoms with van der Waals surface area (Å²) in [6, 6.07) is 3.92. The molecule has 0 unspecified atom stereocenters. The first-order valence-electron chi connectivity index (χ1n) is 8.46. The van der Waals surface area contributed by atoms with Crippen molar-refractivity contribution in [2.45, 2.75) is 31.8 Å². The molecule has 6 heteroatoms. The van der Waals surface area contributed by atoms with E-state index in [9.17, 15) is 4.79 Å². The van der Waals surface area contributed by atoms with Crippen LogP contribution in [0.5, 0.6) is 0 Å². The largest absolute Gasteiger partial charge is 0.368 e. The van der Waals surface area contributed by atoms with Gasteiger partial charge in [-0.15, -0.1) is 0 Å². The fourth-order valence-electron chi connectivity index (χ4n) is 3.48. The maximum absolute atomic E-state index is 12.6. The summed E-state index contributed by atoms with van der Waals surface area (Å²) in [6.45, 7) is 2.08. The molecule has 2 aliphatic heterocycles. The van der Waals surface area contributed by atoms with E-state index in [1.165, 1.54) is 0 Å². The number of hydrogen-bond acceptors (Lipinski definition) is 5. The van der Waals surface area contributed by atoms with Crippen molar-refractivity contribution in [1.29, 1.82) is 0 Å². The first-order chi connectivity index (χ1) is 11.8. The summed E-state index contributed by atoms with van der Waals surface area (Å²) in [5, 5.41) is 0. The lowest BCUT2D eigenvalue weighted by molar-refractivity contribution is -0.140. The number of carbonyl (C=O) groups is 1. The van der Waals surface area contributed by atoms with Gasteiger partial charge in [0.15, 0.2) is 0 Å². The molecular formula is C18H20N4O2. The van der Waals surface area contributed by atoms with Crippen LogP contribution < -0.4 is 0 Å². The van der Waals surface area contributed by atoms with Crippen LogP contribution in [0.4, 0.5) is 0 Å². The fraction of sp³-hybridized carbons (Fsp3) is 0.444. The Morgan fingerprint density at radius 2 is 2.00 bits per heavy atom. The van der Waals surface area contributed by atoms with Crippen molar-refractivity contribution < 1.29 is 9.53 Å². The van der Waals surface area contributed by atoms with E-state index < -0.39 is 0 Å². The van der Waals surface area contributed by atoms with Gasteiger partial charge in [0.2, 0.25) is 0 Å². The summed E-state index contributed by atoms with van der Waals surface area (Å²) in [7, 11) is 0. The Morgan fingerprint density at radius 3 is 2.79 bits per heavy atom. The van der Waals surface area contributed by atoms with Gasteiger partial charge < -0.3 is 9.64 Å². The third kappa shape index (κ3) is 2.89. The number of hydrogen-bond donors (Lipinski definition) is 0. The number of pyridine rings is 1. The van der Waals surface area contributed by atoms with Crippen LogP contribution in [-0.4, -0.2) is 51.6 Å². The summed E-state index contributed by atoms with van der Waals surface area (Å²) in [5.41, 5.74) is 4.18. The van der Waals surface area contributed by atoms with Crippen molar-refractivity contribution >= 4 is 5.91 Å². The van der Waals surface area contributed by atoms with Crippen molar-refractivity contribution in [3.8, 4) is 11.3 Å². The Balaban J connectivity index is 1.58. The van der Waals surface area contributed by atoms with E-state index in [4.69, 9.17) is 4.74 Å². The van der Waals surface area contributed by atoms with Gasteiger partial charge in [0.25, 0.3) is 5.91 Å². The summed E-state index contributed by atoms with van der Waals surface area (Å²) in [6.07, 6.45) is 8.25. The molecule has 0 saturated carbocycles. The Kier molecular flexibility index (Phi) is 4.21. The van der Waals surface area contributed by atoms with Crippen LogP contribution in [0.3, 0.4) is 0 Å². The lowest BCUT2D eigenvalue weighted by Crippen LogP contribution is -2.40. The normalized spacial score (nSPS) is 20.5. The van der Waals surface area contributed by atoms with Crippen LogP contribution in [0.25, 0.3) is 11.3 Å². The summed E-state index contributed by atoms with van der Waals surface area (Å²) < 4.78 is 5.55. The number of amides is 1. The topological polar surface area (TPSA) is 68.2 Å². The molecule has 4 heterocycles. The zero-order valence-corrected chi connectivity index (χ0v) is 13.5. The maximum atomic E-state index is 12.6. The van der Waals surface area contributed by atoms with Crippen LogP contribution >= 0.6 is 0 Å². The van der Waals surface area contributed by atoms with E-state index in [1.54, 1.807) is 18.7 Å². The zero-order chi connectivity index (χ0) is 16.4. The molecule has 24 heavy (non-hydrogen) atoms. The van der Waals surface area contributed by atoms with Gasteiger partial charge in [-0.25, -0.2) is 9.97 Å². The Hall–Kier alpha value is -2.34. The second-order valence-electron chi connectivity index (χ2n) is 6.21. The van der Waals surface area contributed by atoms with E-state index in [0.717, 1.165) is 48.2 Å². The predicted molar refractivity (Wildman–Crippen MR) is 88.2 cm³/mol. The summed E-state index contributed by atoms with van der Waals surface area (Å²) >= 11 is 0. The highest BCUT2D eigenvalue weighted by atomic mass is 16.5. The Labute approximate surface area is 140 Å². The highest BCUT2D eigenvalue weighted by molar-refractivity contribution is 5.81. The van der Waals surface area contributed by atoms with Crippen molar-refractivity contribution in [3.05, 3.63) is 42.1 Å². The lowest BCUT2D eigenvalue weighted by atomic mass is 10.0. The van der Waals surface area contributed by atoms with Gasteiger partial charge in [0, 0.05) is 55.3 Å². The molecule has 0 bridgehead atoms. The van der Waals surface area contributed by atoms with Crippen LogP contribution in [0, 0.1) is 0 Å². The van der Waals surface area contributed by atoms with Crippen LogP contribution in [0.1, 0.15) is 24.1 Å². The molecule has 1 saturated heterocycles. The number of fused-ring (bicyclic) bond motifs is 1. The van der Waals surface area contributed by atoms with Crippen molar-refractivity contribution in [2.24, 2.45) is 0 Å². The molecule has 0 radical (unpaired) electrons. The highest BCUT2D eigenvalue weighted by Gasteiger charge is 2.30. The lowest BCUT2D eigenvalue weighted by Gasteiger charge is -2.23. The molecule has 2 aromatic rings. The number of nitrogens with zero attached hydrogens (tertiary/aromatic N) is 4. The zero-order valence-electron chi connectivity index (χ0n) is 13.5. The summed E-state index contributed by atoms with van der Waals surface area (Å²) in [5.74, 6) is 0.124. The van der Waals surface area contributed by atoms with Crippen molar-refractivity contribution in [3.63, 3.8) is 0 Å². The summed E-state index contributed by atoms with van der Waals surface area (Å²) in [4.78, 5) is 27.6. The van der Waals surface area contributed by atoms with Crippen molar-refractivity contribution in [1.82, 2.24) is 19.9 Å². The Morgan fingerprint density at radius 1 is 1.17 bits per heavy atom. The molecule has 124 valence electrons. The molecule has 0 N–H and O–H groups in total. The molecule has 2 aromatic heterocycles. The SMILES string of the molecule is O=C([C@H]1CCCO1)N1CCc2ncnc(-c3ccncc3)c2CC1. The van der Waals surface area contributed by atoms with E-state index >= 15 is 0 Å². The van der Waals surface area contributed by atoms with E-state index in [2.05, 4.69) is 15.0 Å². The highest BCUT2D eigenvalue weighted by Crippen LogP contribution is 2.26. The quantitative estimate of drug-likeness (QED) is 0.840. The Bertz CT molecular complexity index is 729. The molecule has 2 aliphatic rings.